The number of hydrogen-bond donors (Lipinski definition) is 0. The van der Waals surface area contributed by atoms with Crippen LogP contribution in [0.1, 0.15) is 103 Å². The van der Waals surface area contributed by atoms with Crippen molar-refractivity contribution in [2.75, 3.05) is 18.6 Å². The number of fused-ring (bicyclic) bond motifs is 2. The molecule has 7 rings (SSSR count). The predicted octanol–water partition coefficient (Wildman–Crippen LogP) is 6.10. The number of aromatic nitrogens is 1. The number of halogens is 1. The molecule has 1 aromatic carbocycles. The normalized spacial score (nSPS) is 28.7. The Hall–Kier alpha value is -2.41. The Morgan fingerprint density at radius 1 is 1.14 bits per heavy atom. The van der Waals surface area contributed by atoms with Crippen molar-refractivity contribution in [2.24, 2.45) is 11.3 Å². The fraction of sp³-hybridized carbons (Fsp3) is 0.655. The van der Waals surface area contributed by atoms with Gasteiger partial charge in [-0.2, -0.15) is 0 Å². The molecule has 1 aliphatic heterocycles. The van der Waals surface area contributed by atoms with E-state index in [4.69, 9.17) is 14.0 Å². The van der Waals surface area contributed by atoms with Crippen LogP contribution in [0.25, 0.3) is 0 Å². The molecule has 0 unspecified atom stereocenters. The van der Waals surface area contributed by atoms with Crippen LogP contribution in [0.4, 0.5) is 10.1 Å². The maximum atomic E-state index is 14.9. The molecule has 4 aliphatic carbocycles. The van der Waals surface area contributed by atoms with Crippen LogP contribution in [0.5, 0.6) is 0 Å². The van der Waals surface area contributed by atoms with Crippen molar-refractivity contribution in [3.8, 4) is 0 Å². The Morgan fingerprint density at radius 2 is 1.94 bits per heavy atom. The first-order valence-corrected chi connectivity index (χ1v) is 13.8. The summed E-state index contributed by atoms with van der Waals surface area (Å²) in [5.74, 6) is 1.61. The number of hydrogen-bond acceptors (Lipinski definition) is 6. The minimum atomic E-state index is -0.518. The van der Waals surface area contributed by atoms with E-state index in [0.29, 0.717) is 35.5 Å². The van der Waals surface area contributed by atoms with Crippen LogP contribution in [0.2, 0.25) is 0 Å². The first kappa shape index (κ1) is 22.8. The summed E-state index contributed by atoms with van der Waals surface area (Å²) in [5.41, 5.74) is 3.88. The first-order chi connectivity index (χ1) is 17.5. The van der Waals surface area contributed by atoms with Crippen molar-refractivity contribution in [3.63, 3.8) is 0 Å². The van der Waals surface area contributed by atoms with Gasteiger partial charge in [0.2, 0.25) is 0 Å². The monoisotopic (exact) mass is 494 g/mol. The number of nitrogens with zero attached hydrogens (tertiary/aromatic N) is 2. The molecule has 2 aromatic rings. The number of piperidine rings is 1. The Morgan fingerprint density at radius 3 is 2.58 bits per heavy atom. The van der Waals surface area contributed by atoms with E-state index in [1.165, 1.54) is 75.8 Å². The van der Waals surface area contributed by atoms with Crippen molar-refractivity contribution < 1.29 is 23.2 Å². The van der Waals surface area contributed by atoms with Gasteiger partial charge in [0.15, 0.2) is 0 Å². The molecule has 6 nitrogen and oxygen atoms in total. The largest absolute Gasteiger partial charge is 0.465 e. The van der Waals surface area contributed by atoms with E-state index in [-0.39, 0.29) is 23.5 Å². The summed E-state index contributed by atoms with van der Waals surface area (Å²) >= 11 is 0. The highest BCUT2D eigenvalue weighted by Gasteiger charge is 2.48. The van der Waals surface area contributed by atoms with Crippen LogP contribution in [-0.4, -0.2) is 36.9 Å². The lowest BCUT2D eigenvalue weighted by Crippen LogP contribution is -2.39. The van der Waals surface area contributed by atoms with Gasteiger partial charge in [-0.25, -0.2) is 9.18 Å². The molecule has 192 valence electrons. The van der Waals surface area contributed by atoms with E-state index in [0.717, 1.165) is 25.1 Å². The zero-order chi connectivity index (χ0) is 24.4. The van der Waals surface area contributed by atoms with Gasteiger partial charge in [0.05, 0.1) is 36.8 Å². The molecule has 0 amide bonds. The summed E-state index contributed by atoms with van der Waals surface area (Å²) in [6.45, 7) is 1.36. The van der Waals surface area contributed by atoms with Crippen molar-refractivity contribution >= 4 is 11.7 Å². The summed E-state index contributed by atoms with van der Waals surface area (Å²) in [7, 11) is 1.31. The van der Waals surface area contributed by atoms with E-state index in [1.807, 2.05) is 0 Å². The Balaban J connectivity index is 1.02. The molecule has 1 saturated heterocycles. The second-order valence-electron chi connectivity index (χ2n) is 12.0. The van der Waals surface area contributed by atoms with Gasteiger partial charge >= 0.3 is 5.97 Å². The average molecular weight is 495 g/mol. The molecule has 2 heterocycles. The molecular weight excluding hydrogens is 459 g/mol. The third-order valence-electron chi connectivity index (χ3n) is 9.78. The topological polar surface area (TPSA) is 64.8 Å². The number of carbonyl (C=O) groups excluding carboxylic acids is 1. The van der Waals surface area contributed by atoms with Crippen molar-refractivity contribution in [1.29, 1.82) is 0 Å². The number of esters is 1. The summed E-state index contributed by atoms with van der Waals surface area (Å²) in [5, 5.41) is 4.61. The SMILES string of the molecule is COC(=O)c1ccc(N2C[C@@H]3C[C@H]2C[C@H]3OCc2c(C3CCC4(CC3)CC4)noc2C2CC2)c(F)c1. The van der Waals surface area contributed by atoms with Gasteiger partial charge in [0.1, 0.15) is 11.6 Å². The zero-order valence-electron chi connectivity index (χ0n) is 21.0. The zero-order valence-corrected chi connectivity index (χ0v) is 21.0. The highest BCUT2D eigenvalue weighted by atomic mass is 19.1. The molecule has 0 N–H and O–H groups in total. The van der Waals surface area contributed by atoms with Crippen LogP contribution in [0, 0.1) is 17.2 Å². The minimum absolute atomic E-state index is 0.180. The number of benzene rings is 1. The molecule has 1 spiro atoms. The molecule has 5 fully saturated rings. The Kier molecular flexibility index (Phi) is 5.42. The van der Waals surface area contributed by atoms with E-state index in [2.05, 4.69) is 10.1 Å². The van der Waals surface area contributed by atoms with Gasteiger partial charge in [-0.3, -0.25) is 0 Å². The lowest BCUT2D eigenvalue weighted by Gasteiger charge is -2.33. The van der Waals surface area contributed by atoms with E-state index in [1.54, 1.807) is 12.1 Å². The maximum Gasteiger partial charge on any atom is 0.337 e. The second-order valence-corrected chi connectivity index (χ2v) is 12.0. The molecule has 1 aromatic heterocycles. The van der Waals surface area contributed by atoms with Crippen LogP contribution in [-0.2, 0) is 16.1 Å². The molecule has 2 bridgehead atoms. The summed E-state index contributed by atoms with van der Waals surface area (Å²) in [6, 6.07) is 4.90. The van der Waals surface area contributed by atoms with Crippen LogP contribution >= 0.6 is 0 Å². The van der Waals surface area contributed by atoms with E-state index < -0.39 is 5.97 Å². The van der Waals surface area contributed by atoms with Crippen molar-refractivity contribution in [1.82, 2.24) is 5.16 Å². The molecule has 3 atom stereocenters. The molecule has 5 aliphatic rings. The number of rotatable bonds is 7. The van der Waals surface area contributed by atoms with Gasteiger partial charge < -0.3 is 18.9 Å². The average Bonchev–Trinajstić information content (AvgIpc) is 3.75. The molecular formula is C29H35FN2O4. The highest BCUT2D eigenvalue weighted by molar-refractivity contribution is 5.89. The number of ether oxygens (including phenoxy) is 2. The van der Waals surface area contributed by atoms with Crippen LogP contribution in [0.3, 0.4) is 0 Å². The predicted molar refractivity (Wildman–Crippen MR) is 132 cm³/mol. The summed E-state index contributed by atoms with van der Waals surface area (Å²) in [6.07, 6.45) is 12.4. The number of methoxy groups -OCH3 is 1. The van der Waals surface area contributed by atoms with Gasteiger partial charge in [0, 0.05) is 35.9 Å². The fourth-order valence-electron chi connectivity index (χ4n) is 7.23. The number of carbonyl (C=O) groups is 1. The van der Waals surface area contributed by atoms with Crippen molar-refractivity contribution in [3.05, 3.63) is 46.6 Å². The molecule has 36 heavy (non-hydrogen) atoms. The third kappa shape index (κ3) is 3.94. The highest BCUT2D eigenvalue weighted by Crippen LogP contribution is 2.59. The Labute approximate surface area is 211 Å². The van der Waals surface area contributed by atoms with E-state index >= 15 is 0 Å². The maximum absolute atomic E-state index is 14.9. The fourth-order valence-corrected chi connectivity index (χ4v) is 7.23. The van der Waals surface area contributed by atoms with Crippen LogP contribution in [0.15, 0.2) is 22.7 Å². The van der Waals surface area contributed by atoms with Gasteiger partial charge in [-0.1, -0.05) is 5.16 Å². The standard InChI is InChI=1S/C29H35FN2O4/c1-34-28(33)19-4-5-24(23(30)13-19)32-15-20-12-21(32)14-25(20)35-16-22-26(31-36-27(22)18-2-3-18)17-6-8-29(9-7-17)10-11-29/h4-5,13,17-18,20-21,25H,2-3,6-12,14-16H2,1H3/t20-,21-,25+/m0/s1. The first-order valence-electron chi connectivity index (χ1n) is 13.8. The number of anilines is 1. The minimum Gasteiger partial charge on any atom is -0.465 e. The summed E-state index contributed by atoms with van der Waals surface area (Å²) < 4.78 is 32.1. The van der Waals surface area contributed by atoms with Gasteiger partial charge in [0.25, 0.3) is 0 Å². The quantitative estimate of drug-likeness (QED) is 0.434. The third-order valence-corrected chi connectivity index (χ3v) is 9.78. The second kappa shape index (κ2) is 8.57. The van der Waals surface area contributed by atoms with Crippen molar-refractivity contribution in [2.45, 2.75) is 94.8 Å². The van der Waals surface area contributed by atoms with Crippen LogP contribution < -0.4 is 4.90 Å². The molecule has 4 saturated carbocycles. The lowest BCUT2D eigenvalue weighted by molar-refractivity contribution is 0.0115. The van der Waals surface area contributed by atoms with Gasteiger partial charge in [-0.15, -0.1) is 0 Å². The van der Waals surface area contributed by atoms with Gasteiger partial charge in [-0.05, 0) is 87.8 Å². The smallest absolute Gasteiger partial charge is 0.337 e. The Bertz CT molecular complexity index is 1160. The molecule has 7 heteroatoms. The lowest BCUT2D eigenvalue weighted by atomic mass is 9.77. The summed E-state index contributed by atoms with van der Waals surface area (Å²) in [4.78, 5) is 13.9. The molecule has 0 radical (unpaired) electrons. The van der Waals surface area contributed by atoms with E-state index in [9.17, 15) is 9.18 Å².